The van der Waals surface area contributed by atoms with Crippen LogP contribution in [0.5, 0.6) is 0 Å². The van der Waals surface area contributed by atoms with Gasteiger partial charge in [-0.1, -0.05) is 6.07 Å². The van der Waals surface area contributed by atoms with Crippen LogP contribution in [0.25, 0.3) is 0 Å². The summed E-state index contributed by atoms with van der Waals surface area (Å²) >= 11 is 0. The molecule has 1 N–H and O–H groups in total. The van der Waals surface area contributed by atoms with E-state index in [2.05, 4.69) is 24.1 Å². The first kappa shape index (κ1) is 15.0. The Morgan fingerprint density at radius 3 is 2.80 bits per heavy atom. The zero-order chi connectivity index (χ0) is 14.4. The maximum Gasteiger partial charge on any atom is 0.223 e. The highest BCUT2D eigenvalue weighted by Gasteiger charge is 2.22. The second-order valence-corrected chi connectivity index (χ2v) is 5.87. The number of hydrogen-bond acceptors (Lipinski definition) is 3. The molecule has 1 aromatic rings. The summed E-state index contributed by atoms with van der Waals surface area (Å²) in [6, 6.07) is 4.18. The summed E-state index contributed by atoms with van der Waals surface area (Å²) in [5, 5.41) is 3.35. The average molecular weight is 275 g/mol. The lowest BCUT2D eigenvalue weighted by Gasteiger charge is -2.30. The standard InChI is InChI=1S/C16H25N3O/c1-13(2)19(12-15-4-3-7-18-11-15)16(20)10-14-5-8-17-9-6-14/h3-4,7,11,13-14,17H,5-6,8-10,12H2,1-2H3. The van der Waals surface area contributed by atoms with Crippen LogP contribution in [0.4, 0.5) is 0 Å². The Kier molecular flexibility index (Phi) is 5.53. The molecule has 1 aliphatic heterocycles. The third-order valence-electron chi connectivity index (χ3n) is 3.94. The van der Waals surface area contributed by atoms with Crippen LogP contribution in [-0.2, 0) is 11.3 Å². The molecule has 110 valence electrons. The van der Waals surface area contributed by atoms with Crippen molar-refractivity contribution < 1.29 is 4.79 Å². The van der Waals surface area contributed by atoms with Crippen molar-refractivity contribution in [1.29, 1.82) is 0 Å². The Morgan fingerprint density at radius 2 is 2.20 bits per heavy atom. The highest BCUT2D eigenvalue weighted by Crippen LogP contribution is 2.19. The van der Waals surface area contributed by atoms with Crippen molar-refractivity contribution in [2.24, 2.45) is 5.92 Å². The van der Waals surface area contributed by atoms with Crippen LogP contribution in [0, 0.1) is 5.92 Å². The normalized spacial score (nSPS) is 16.4. The molecule has 1 saturated heterocycles. The number of nitrogens with zero attached hydrogens (tertiary/aromatic N) is 2. The van der Waals surface area contributed by atoms with Gasteiger partial charge in [-0.25, -0.2) is 0 Å². The third-order valence-corrected chi connectivity index (χ3v) is 3.94. The van der Waals surface area contributed by atoms with Gasteiger partial charge in [-0.05, 0) is 57.3 Å². The van der Waals surface area contributed by atoms with Crippen molar-refractivity contribution in [3.8, 4) is 0 Å². The van der Waals surface area contributed by atoms with E-state index in [0.29, 0.717) is 18.9 Å². The fourth-order valence-electron chi connectivity index (χ4n) is 2.70. The van der Waals surface area contributed by atoms with Crippen molar-refractivity contribution in [2.45, 2.75) is 45.7 Å². The van der Waals surface area contributed by atoms with E-state index in [4.69, 9.17) is 0 Å². The lowest BCUT2D eigenvalue weighted by Crippen LogP contribution is -2.38. The van der Waals surface area contributed by atoms with Crippen LogP contribution in [0.2, 0.25) is 0 Å². The monoisotopic (exact) mass is 275 g/mol. The van der Waals surface area contributed by atoms with Crippen LogP contribution < -0.4 is 5.32 Å². The Labute approximate surface area is 121 Å². The van der Waals surface area contributed by atoms with Gasteiger partial charge in [0.15, 0.2) is 0 Å². The number of carbonyl (C=O) groups excluding carboxylic acids is 1. The lowest BCUT2D eigenvalue weighted by atomic mass is 9.94. The number of nitrogens with one attached hydrogen (secondary N) is 1. The van der Waals surface area contributed by atoms with Gasteiger partial charge in [-0.15, -0.1) is 0 Å². The number of rotatable bonds is 5. The molecular formula is C16H25N3O. The lowest BCUT2D eigenvalue weighted by molar-refractivity contribution is -0.134. The highest BCUT2D eigenvalue weighted by molar-refractivity contribution is 5.76. The van der Waals surface area contributed by atoms with Crippen molar-refractivity contribution in [3.63, 3.8) is 0 Å². The molecule has 2 rings (SSSR count). The van der Waals surface area contributed by atoms with E-state index in [9.17, 15) is 4.79 Å². The Hall–Kier alpha value is -1.42. The fraction of sp³-hybridized carbons (Fsp3) is 0.625. The zero-order valence-corrected chi connectivity index (χ0v) is 12.5. The molecular weight excluding hydrogens is 250 g/mol. The molecule has 4 heteroatoms. The minimum atomic E-state index is 0.226. The first-order valence-electron chi connectivity index (χ1n) is 7.56. The number of piperidine rings is 1. The van der Waals surface area contributed by atoms with E-state index >= 15 is 0 Å². The van der Waals surface area contributed by atoms with Gasteiger partial charge in [0.2, 0.25) is 5.91 Å². The van der Waals surface area contributed by atoms with E-state index < -0.39 is 0 Å². The summed E-state index contributed by atoms with van der Waals surface area (Å²) in [7, 11) is 0. The van der Waals surface area contributed by atoms with Crippen molar-refractivity contribution in [1.82, 2.24) is 15.2 Å². The van der Waals surface area contributed by atoms with Crippen LogP contribution in [0.3, 0.4) is 0 Å². The fourth-order valence-corrected chi connectivity index (χ4v) is 2.70. The molecule has 0 unspecified atom stereocenters. The molecule has 2 heterocycles. The highest BCUT2D eigenvalue weighted by atomic mass is 16.2. The number of pyridine rings is 1. The number of amides is 1. The Balaban J connectivity index is 1.95. The maximum absolute atomic E-state index is 12.5. The van der Waals surface area contributed by atoms with Gasteiger partial charge in [0.05, 0.1) is 0 Å². The summed E-state index contributed by atoms with van der Waals surface area (Å²) in [5.74, 6) is 0.814. The minimum absolute atomic E-state index is 0.226. The van der Waals surface area contributed by atoms with E-state index in [1.54, 1.807) is 6.20 Å². The smallest absolute Gasteiger partial charge is 0.223 e. The topological polar surface area (TPSA) is 45.2 Å². The molecule has 20 heavy (non-hydrogen) atoms. The second-order valence-electron chi connectivity index (χ2n) is 5.87. The van der Waals surface area contributed by atoms with E-state index in [-0.39, 0.29) is 11.9 Å². The van der Waals surface area contributed by atoms with Crippen LogP contribution >= 0.6 is 0 Å². The summed E-state index contributed by atoms with van der Waals surface area (Å²) in [5.41, 5.74) is 1.10. The SMILES string of the molecule is CC(C)N(Cc1cccnc1)C(=O)CC1CCNCC1. The first-order valence-corrected chi connectivity index (χ1v) is 7.56. The van der Waals surface area contributed by atoms with Gasteiger partial charge < -0.3 is 10.2 Å². The van der Waals surface area contributed by atoms with E-state index in [0.717, 1.165) is 31.5 Å². The Bertz CT molecular complexity index is 413. The van der Waals surface area contributed by atoms with Crippen LogP contribution in [0.1, 0.15) is 38.7 Å². The molecule has 0 bridgehead atoms. The molecule has 0 aliphatic carbocycles. The van der Waals surface area contributed by atoms with Gasteiger partial charge in [-0.3, -0.25) is 9.78 Å². The molecule has 1 aromatic heterocycles. The molecule has 0 saturated carbocycles. The van der Waals surface area contributed by atoms with E-state index in [1.165, 1.54) is 0 Å². The second kappa shape index (κ2) is 7.39. The van der Waals surface area contributed by atoms with Gasteiger partial charge >= 0.3 is 0 Å². The van der Waals surface area contributed by atoms with Gasteiger partial charge in [-0.2, -0.15) is 0 Å². The van der Waals surface area contributed by atoms with Crippen molar-refractivity contribution >= 4 is 5.91 Å². The molecule has 4 nitrogen and oxygen atoms in total. The third kappa shape index (κ3) is 4.30. The molecule has 0 aromatic carbocycles. The van der Waals surface area contributed by atoms with Gasteiger partial charge in [0, 0.05) is 31.4 Å². The predicted molar refractivity (Wildman–Crippen MR) is 80.1 cm³/mol. The summed E-state index contributed by atoms with van der Waals surface area (Å²) in [6.07, 6.45) is 6.52. The Morgan fingerprint density at radius 1 is 1.45 bits per heavy atom. The summed E-state index contributed by atoms with van der Waals surface area (Å²) in [6.45, 7) is 6.91. The van der Waals surface area contributed by atoms with Gasteiger partial charge in [0.25, 0.3) is 0 Å². The molecule has 1 fully saturated rings. The molecule has 0 atom stereocenters. The minimum Gasteiger partial charge on any atom is -0.336 e. The average Bonchev–Trinajstić information content (AvgIpc) is 2.46. The summed E-state index contributed by atoms with van der Waals surface area (Å²) in [4.78, 5) is 18.6. The predicted octanol–water partition coefficient (Wildman–Crippen LogP) is 2.21. The quantitative estimate of drug-likeness (QED) is 0.896. The molecule has 0 radical (unpaired) electrons. The van der Waals surface area contributed by atoms with Crippen molar-refractivity contribution in [3.05, 3.63) is 30.1 Å². The van der Waals surface area contributed by atoms with Crippen LogP contribution in [0.15, 0.2) is 24.5 Å². The van der Waals surface area contributed by atoms with Crippen molar-refractivity contribution in [2.75, 3.05) is 13.1 Å². The largest absolute Gasteiger partial charge is 0.336 e. The van der Waals surface area contributed by atoms with Crippen LogP contribution in [-0.4, -0.2) is 34.9 Å². The number of hydrogen-bond donors (Lipinski definition) is 1. The first-order chi connectivity index (χ1) is 9.66. The van der Waals surface area contributed by atoms with Gasteiger partial charge in [0.1, 0.15) is 0 Å². The molecule has 1 aliphatic rings. The number of aromatic nitrogens is 1. The number of carbonyl (C=O) groups is 1. The molecule has 0 spiro atoms. The molecule has 1 amide bonds. The van der Waals surface area contributed by atoms with E-state index in [1.807, 2.05) is 23.2 Å². The summed E-state index contributed by atoms with van der Waals surface area (Å²) < 4.78 is 0. The zero-order valence-electron chi connectivity index (χ0n) is 12.5. The maximum atomic E-state index is 12.5.